The second-order valence-corrected chi connectivity index (χ2v) is 5.01. The predicted molar refractivity (Wildman–Crippen MR) is 84.7 cm³/mol. The molecule has 1 unspecified atom stereocenters. The van der Waals surface area contributed by atoms with Gasteiger partial charge in [-0.25, -0.2) is 0 Å². The average Bonchev–Trinajstić information content (AvgIpc) is 2.38. The molecule has 0 fully saturated rings. The van der Waals surface area contributed by atoms with Gasteiger partial charge in [0, 0.05) is 5.56 Å². The van der Waals surface area contributed by atoms with Crippen LogP contribution >= 0.6 is 0 Å². The molecule has 0 radical (unpaired) electrons. The summed E-state index contributed by atoms with van der Waals surface area (Å²) in [5, 5.41) is 0. The first-order valence-corrected chi connectivity index (χ1v) is 7.24. The molecule has 1 heteroatoms. The normalized spacial score (nSPS) is 11.1. The van der Waals surface area contributed by atoms with E-state index in [4.69, 9.17) is 0 Å². The van der Waals surface area contributed by atoms with Crippen LogP contribution in [-0.2, 0) is 6.42 Å². The quantitative estimate of drug-likeness (QED) is 0.508. The monoisotopic (exact) mass is 260 g/mol. The number of aryl methyl sites for hydroxylation is 1. The SMILES string of the molecule is CC.CC(=O)c1ccc(CCC(C)C=C(C)C)cc1. The van der Waals surface area contributed by atoms with Gasteiger partial charge in [0.1, 0.15) is 0 Å². The van der Waals surface area contributed by atoms with Gasteiger partial charge in [-0.2, -0.15) is 0 Å². The summed E-state index contributed by atoms with van der Waals surface area (Å²) in [6, 6.07) is 7.96. The van der Waals surface area contributed by atoms with Crippen LogP contribution in [0.2, 0.25) is 0 Å². The topological polar surface area (TPSA) is 17.1 Å². The number of carbonyl (C=O) groups is 1. The first kappa shape index (κ1) is 17.6. The van der Waals surface area contributed by atoms with E-state index >= 15 is 0 Å². The lowest BCUT2D eigenvalue weighted by molar-refractivity contribution is 0.101. The highest BCUT2D eigenvalue weighted by atomic mass is 16.1. The Morgan fingerprint density at radius 1 is 1.11 bits per heavy atom. The van der Waals surface area contributed by atoms with Crippen LogP contribution in [0.15, 0.2) is 35.9 Å². The summed E-state index contributed by atoms with van der Waals surface area (Å²) in [4.78, 5) is 11.1. The minimum atomic E-state index is 0.134. The van der Waals surface area contributed by atoms with Crippen molar-refractivity contribution in [3.05, 3.63) is 47.0 Å². The van der Waals surface area contributed by atoms with Crippen LogP contribution in [0, 0.1) is 5.92 Å². The Labute approximate surface area is 118 Å². The van der Waals surface area contributed by atoms with Crippen molar-refractivity contribution in [2.75, 3.05) is 0 Å². The summed E-state index contributed by atoms with van der Waals surface area (Å²) < 4.78 is 0. The van der Waals surface area contributed by atoms with E-state index in [1.165, 1.54) is 11.1 Å². The molecule has 0 saturated carbocycles. The molecule has 0 spiro atoms. The van der Waals surface area contributed by atoms with Crippen LogP contribution in [0.25, 0.3) is 0 Å². The zero-order valence-electron chi connectivity index (χ0n) is 13.3. The molecule has 0 saturated heterocycles. The fraction of sp³-hybridized carbons (Fsp3) is 0.500. The Morgan fingerprint density at radius 2 is 1.63 bits per heavy atom. The zero-order valence-corrected chi connectivity index (χ0v) is 13.3. The van der Waals surface area contributed by atoms with Crippen LogP contribution < -0.4 is 0 Å². The summed E-state index contributed by atoms with van der Waals surface area (Å²) in [6.07, 6.45) is 4.54. The average molecular weight is 260 g/mol. The number of rotatable bonds is 5. The number of carbonyl (C=O) groups excluding carboxylic acids is 1. The van der Waals surface area contributed by atoms with Gasteiger partial charge in [-0.1, -0.05) is 56.7 Å². The first-order valence-electron chi connectivity index (χ1n) is 7.24. The Morgan fingerprint density at radius 3 is 2.05 bits per heavy atom. The van der Waals surface area contributed by atoms with Crippen LogP contribution in [0.3, 0.4) is 0 Å². The number of benzene rings is 1. The highest BCUT2D eigenvalue weighted by Crippen LogP contribution is 2.13. The van der Waals surface area contributed by atoms with Gasteiger partial charge in [-0.3, -0.25) is 4.79 Å². The van der Waals surface area contributed by atoms with Crippen LogP contribution in [-0.4, -0.2) is 5.78 Å². The summed E-state index contributed by atoms with van der Waals surface area (Å²) in [7, 11) is 0. The lowest BCUT2D eigenvalue weighted by Gasteiger charge is -2.07. The maximum Gasteiger partial charge on any atom is 0.159 e. The number of ketones is 1. The second-order valence-electron chi connectivity index (χ2n) is 5.01. The minimum Gasteiger partial charge on any atom is -0.295 e. The number of hydrogen-bond donors (Lipinski definition) is 0. The predicted octanol–water partition coefficient (Wildman–Crippen LogP) is 5.45. The fourth-order valence-corrected chi connectivity index (χ4v) is 1.95. The van der Waals surface area contributed by atoms with Gasteiger partial charge in [0.05, 0.1) is 0 Å². The van der Waals surface area contributed by atoms with E-state index in [1.54, 1.807) is 6.92 Å². The number of Topliss-reactive ketones (excluding diaryl/α,β-unsaturated/α-hetero) is 1. The van der Waals surface area contributed by atoms with Crippen LogP contribution in [0.1, 0.15) is 63.9 Å². The van der Waals surface area contributed by atoms with Crippen LogP contribution in [0.4, 0.5) is 0 Å². The molecule has 0 aliphatic heterocycles. The molecule has 0 amide bonds. The van der Waals surface area contributed by atoms with Crippen molar-refractivity contribution in [3.8, 4) is 0 Å². The molecule has 1 nitrogen and oxygen atoms in total. The molecular formula is C18H28O. The summed E-state index contributed by atoms with van der Waals surface area (Å²) in [5.74, 6) is 0.752. The first-order chi connectivity index (χ1) is 8.99. The Bertz CT molecular complexity index is 394. The molecule has 0 aliphatic carbocycles. The van der Waals surface area contributed by atoms with Crippen molar-refractivity contribution < 1.29 is 4.79 Å². The van der Waals surface area contributed by atoms with Crippen molar-refractivity contribution in [1.82, 2.24) is 0 Å². The van der Waals surface area contributed by atoms with E-state index in [-0.39, 0.29) is 5.78 Å². The van der Waals surface area contributed by atoms with E-state index in [9.17, 15) is 4.79 Å². The van der Waals surface area contributed by atoms with E-state index in [0.29, 0.717) is 5.92 Å². The summed E-state index contributed by atoms with van der Waals surface area (Å²) in [5.41, 5.74) is 3.49. The largest absolute Gasteiger partial charge is 0.295 e. The van der Waals surface area contributed by atoms with Gasteiger partial charge < -0.3 is 0 Å². The molecule has 0 aromatic heterocycles. The molecule has 19 heavy (non-hydrogen) atoms. The molecule has 1 aromatic carbocycles. The number of hydrogen-bond acceptors (Lipinski definition) is 1. The summed E-state index contributed by atoms with van der Waals surface area (Å²) in [6.45, 7) is 12.1. The molecule has 0 N–H and O–H groups in total. The molecule has 1 atom stereocenters. The third-order valence-corrected chi connectivity index (χ3v) is 2.87. The van der Waals surface area contributed by atoms with Gasteiger partial charge in [-0.15, -0.1) is 0 Å². The molecule has 1 rings (SSSR count). The van der Waals surface area contributed by atoms with Gasteiger partial charge >= 0.3 is 0 Å². The van der Waals surface area contributed by atoms with Crippen LogP contribution in [0.5, 0.6) is 0 Å². The highest BCUT2D eigenvalue weighted by Gasteiger charge is 2.01. The Hall–Kier alpha value is -1.37. The third kappa shape index (κ3) is 7.61. The smallest absolute Gasteiger partial charge is 0.159 e. The minimum absolute atomic E-state index is 0.134. The van der Waals surface area contributed by atoms with Crippen molar-refractivity contribution in [2.24, 2.45) is 5.92 Å². The lowest BCUT2D eigenvalue weighted by atomic mass is 9.98. The van der Waals surface area contributed by atoms with Crippen molar-refractivity contribution in [1.29, 1.82) is 0 Å². The van der Waals surface area contributed by atoms with Gasteiger partial charge in [0.25, 0.3) is 0 Å². The fourth-order valence-electron chi connectivity index (χ4n) is 1.95. The highest BCUT2D eigenvalue weighted by molar-refractivity contribution is 5.93. The molecule has 0 heterocycles. The van der Waals surface area contributed by atoms with E-state index < -0.39 is 0 Å². The summed E-state index contributed by atoms with van der Waals surface area (Å²) >= 11 is 0. The van der Waals surface area contributed by atoms with E-state index in [0.717, 1.165) is 18.4 Å². The number of allylic oxidation sites excluding steroid dienone is 2. The Balaban J connectivity index is 0.00000154. The van der Waals surface area contributed by atoms with Gasteiger partial charge in [0.2, 0.25) is 0 Å². The van der Waals surface area contributed by atoms with E-state index in [1.807, 2.05) is 26.0 Å². The van der Waals surface area contributed by atoms with Crippen molar-refractivity contribution in [2.45, 2.75) is 54.4 Å². The van der Waals surface area contributed by atoms with E-state index in [2.05, 4.69) is 39.0 Å². The zero-order chi connectivity index (χ0) is 14.8. The van der Waals surface area contributed by atoms with Crippen molar-refractivity contribution >= 4 is 5.78 Å². The maximum atomic E-state index is 11.1. The molecule has 106 valence electrons. The molecule has 0 aliphatic rings. The molecular weight excluding hydrogens is 232 g/mol. The maximum absolute atomic E-state index is 11.1. The van der Waals surface area contributed by atoms with Gasteiger partial charge in [0.15, 0.2) is 5.78 Å². The third-order valence-electron chi connectivity index (χ3n) is 2.87. The van der Waals surface area contributed by atoms with Gasteiger partial charge in [-0.05, 0) is 45.1 Å². The molecule has 1 aromatic rings. The van der Waals surface area contributed by atoms with Crippen molar-refractivity contribution in [3.63, 3.8) is 0 Å². The molecule has 0 bridgehead atoms. The standard InChI is InChI=1S/C16H22O.C2H6/c1-12(2)11-13(3)5-6-15-7-9-16(10-8-15)14(4)17;1-2/h7-11,13H,5-6H2,1-4H3;1-2H3. The lowest BCUT2D eigenvalue weighted by Crippen LogP contribution is -1.96. The Kier molecular flexibility index (Phi) is 8.86. The second kappa shape index (κ2) is 9.55.